The van der Waals surface area contributed by atoms with Crippen molar-refractivity contribution < 1.29 is 14.3 Å². The summed E-state index contributed by atoms with van der Waals surface area (Å²) in [7, 11) is 1.63. The van der Waals surface area contributed by atoms with Crippen molar-refractivity contribution in [2.24, 2.45) is 0 Å². The first kappa shape index (κ1) is 16.6. The number of para-hydroxylation sites is 1. The molecular weight excluding hydrogens is 352 g/mol. The smallest absolute Gasteiger partial charge is 0.148 e. The van der Waals surface area contributed by atoms with Gasteiger partial charge in [-0.25, -0.2) is 4.98 Å². The summed E-state index contributed by atoms with van der Waals surface area (Å²) >= 11 is 0. The number of methoxy groups -OCH3 is 1. The van der Waals surface area contributed by atoms with E-state index in [1.165, 1.54) is 0 Å². The number of aliphatic hydroxyl groups is 1. The Balaban J connectivity index is 1.86. The van der Waals surface area contributed by atoms with Gasteiger partial charge < -0.3 is 18.8 Å². The molecule has 0 aliphatic carbocycles. The molecule has 28 heavy (non-hydrogen) atoms. The molecule has 0 saturated heterocycles. The van der Waals surface area contributed by atoms with Crippen molar-refractivity contribution in [3.05, 3.63) is 78.8 Å². The summed E-state index contributed by atoms with van der Waals surface area (Å²) in [5, 5.41) is 12.6. The zero-order chi connectivity index (χ0) is 19.1. The van der Waals surface area contributed by atoms with Crippen molar-refractivity contribution in [1.29, 1.82) is 0 Å². The van der Waals surface area contributed by atoms with E-state index in [2.05, 4.69) is 0 Å². The van der Waals surface area contributed by atoms with Crippen molar-refractivity contribution >= 4 is 21.7 Å². The first-order chi connectivity index (χ1) is 13.8. The monoisotopic (exact) mass is 370 g/mol. The van der Waals surface area contributed by atoms with Crippen molar-refractivity contribution in [1.82, 2.24) is 9.55 Å². The summed E-state index contributed by atoms with van der Waals surface area (Å²) in [5.41, 5.74) is 2.45. The van der Waals surface area contributed by atoms with Gasteiger partial charge in [0.1, 0.15) is 22.9 Å². The summed E-state index contributed by atoms with van der Waals surface area (Å²) in [6.45, 7) is -0.0763. The van der Waals surface area contributed by atoms with Gasteiger partial charge in [0.2, 0.25) is 0 Å². The van der Waals surface area contributed by atoms with E-state index in [1.54, 1.807) is 7.11 Å². The van der Waals surface area contributed by atoms with Crippen LogP contribution in [0, 0.1) is 0 Å². The van der Waals surface area contributed by atoms with E-state index in [9.17, 15) is 5.11 Å². The van der Waals surface area contributed by atoms with Gasteiger partial charge in [-0.1, -0.05) is 18.2 Å². The maximum atomic E-state index is 9.75. The molecule has 5 heteroatoms. The van der Waals surface area contributed by atoms with E-state index in [1.807, 2.05) is 77.8 Å². The minimum absolute atomic E-state index is 0.0763. The average Bonchev–Trinajstić information content (AvgIpc) is 3.41. The second-order valence-corrected chi connectivity index (χ2v) is 6.61. The normalized spacial score (nSPS) is 11.4. The van der Waals surface area contributed by atoms with Gasteiger partial charge in [0, 0.05) is 34.9 Å². The summed E-state index contributed by atoms with van der Waals surface area (Å²) < 4.78 is 13.7. The Morgan fingerprint density at radius 1 is 1.07 bits per heavy atom. The molecule has 2 aromatic carbocycles. The average molecular weight is 370 g/mol. The quantitative estimate of drug-likeness (QED) is 0.487. The van der Waals surface area contributed by atoms with Crippen LogP contribution in [0.5, 0.6) is 5.75 Å². The van der Waals surface area contributed by atoms with Crippen molar-refractivity contribution in [2.45, 2.75) is 6.61 Å². The minimum atomic E-state index is -0.0763. The highest BCUT2D eigenvalue weighted by Gasteiger charge is 2.18. The number of fused-ring (bicyclic) bond motifs is 2. The number of ether oxygens (including phenoxy) is 1. The number of hydrogen-bond donors (Lipinski definition) is 1. The first-order valence-corrected chi connectivity index (χ1v) is 9.01. The Bertz CT molecular complexity index is 1250. The first-order valence-electron chi connectivity index (χ1n) is 9.01. The third-order valence-corrected chi connectivity index (χ3v) is 4.93. The van der Waals surface area contributed by atoms with Gasteiger partial charge in [-0.3, -0.25) is 0 Å². The van der Waals surface area contributed by atoms with Crippen LogP contribution in [0.1, 0.15) is 5.56 Å². The van der Waals surface area contributed by atoms with Gasteiger partial charge in [0.15, 0.2) is 0 Å². The van der Waals surface area contributed by atoms with E-state index in [-0.39, 0.29) is 6.61 Å². The third kappa shape index (κ3) is 2.56. The lowest BCUT2D eigenvalue weighted by molar-refractivity contribution is 0.281. The topological polar surface area (TPSA) is 60.4 Å². The maximum absolute atomic E-state index is 9.75. The van der Waals surface area contributed by atoms with Crippen molar-refractivity contribution in [3.63, 3.8) is 0 Å². The van der Waals surface area contributed by atoms with Gasteiger partial charge in [-0.15, -0.1) is 0 Å². The number of hydrogen-bond acceptors (Lipinski definition) is 4. The molecule has 0 bridgehead atoms. The third-order valence-electron chi connectivity index (χ3n) is 4.93. The fourth-order valence-corrected chi connectivity index (χ4v) is 3.61. The lowest BCUT2D eigenvalue weighted by atomic mass is 10.0. The zero-order valence-electron chi connectivity index (χ0n) is 15.3. The number of aromatic nitrogens is 2. The Kier molecular flexibility index (Phi) is 3.88. The highest BCUT2D eigenvalue weighted by atomic mass is 16.5. The Labute approximate surface area is 161 Å². The molecule has 3 heterocycles. The second kappa shape index (κ2) is 6.55. The zero-order valence-corrected chi connectivity index (χ0v) is 15.3. The Morgan fingerprint density at radius 3 is 2.64 bits per heavy atom. The molecule has 0 saturated carbocycles. The molecule has 1 N–H and O–H groups in total. The predicted octanol–water partition coefficient (Wildman–Crippen LogP) is 4.94. The van der Waals surface area contributed by atoms with Crippen LogP contribution in [0.15, 0.2) is 77.6 Å². The van der Waals surface area contributed by atoms with Crippen LogP contribution in [-0.4, -0.2) is 21.8 Å². The molecule has 5 nitrogen and oxygen atoms in total. The highest BCUT2D eigenvalue weighted by Crippen LogP contribution is 2.39. The van der Waals surface area contributed by atoms with Gasteiger partial charge in [-0.2, -0.15) is 0 Å². The Hall–Kier alpha value is -3.57. The fourth-order valence-electron chi connectivity index (χ4n) is 3.61. The second-order valence-electron chi connectivity index (χ2n) is 6.61. The molecule has 0 amide bonds. The van der Waals surface area contributed by atoms with E-state index in [0.717, 1.165) is 44.4 Å². The molecule has 138 valence electrons. The number of aliphatic hydroxyl groups excluding tert-OH is 1. The summed E-state index contributed by atoms with van der Waals surface area (Å²) in [6.07, 6.45) is 5.71. The molecule has 0 atom stereocenters. The number of furan rings is 1. The van der Waals surface area contributed by atoms with Gasteiger partial charge in [0.25, 0.3) is 0 Å². The van der Waals surface area contributed by atoms with Crippen molar-refractivity contribution in [2.75, 3.05) is 7.11 Å². The number of pyridine rings is 1. The Morgan fingerprint density at radius 2 is 1.89 bits per heavy atom. The largest absolute Gasteiger partial charge is 0.496 e. The molecule has 0 spiro atoms. The molecule has 5 aromatic rings. The lowest BCUT2D eigenvalue weighted by Crippen LogP contribution is -2.00. The van der Waals surface area contributed by atoms with Crippen LogP contribution in [0.2, 0.25) is 0 Å². The summed E-state index contributed by atoms with van der Waals surface area (Å²) in [4.78, 5) is 4.72. The van der Waals surface area contributed by atoms with Crippen LogP contribution in [-0.2, 0) is 6.61 Å². The fraction of sp³-hybridized carbons (Fsp3) is 0.0870. The number of rotatable bonds is 4. The van der Waals surface area contributed by atoms with Crippen LogP contribution in [0.4, 0.5) is 0 Å². The molecule has 3 aromatic heterocycles. The summed E-state index contributed by atoms with van der Waals surface area (Å²) in [6, 6.07) is 17.6. The SMILES string of the molecule is COc1cc(CO)cc2c(-c3cc4ccccc4o3)cnc(-n3cccc3)c12. The van der Waals surface area contributed by atoms with Gasteiger partial charge >= 0.3 is 0 Å². The van der Waals surface area contributed by atoms with E-state index < -0.39 is 0 Å². The predicted molar refractivity (Wildman–Crippen MR) is 109 cm³/mol. The van der Waals surface area contributed by atoms with Gasteiger partial charge in [-0.05, 0) is 42.0 Å². The van der Waals surface area contributed by atoms with Gasteiger partial charge in [0.05, 0.1) is 19.1 Å². The van der Waals surface area contributed by atoms with Crippen LogP contribution in [0.3, 0.4) is 0 Å². The van der Waals surface area contributed by atoms with Crippen LogP contribution >= 0.6 is 0 Å². The molecule has 0 radical (unpaired) electrons. The minimum Gasteiger partial charge on any atom is -0.496 e. The van der Waals surface area contributed by atoms with E-state index in [0.29, 0.717) is 5.75 Å². The van der Waals surface area contributed by atoms with E-state index in [4.69, 9.17) is 14.1 Å². The molecule has 5 rings (SSSR count). The standard InChI is InChI=1S/C23H18N2O3/c1-27-21-11-15(14-26)10-17-18(20-12-16-6-2-3-7-19(16)28-20)13-24-23(22(17)21)25-8-4-5-9-25/h2-13,26H,14H2,1H3. The molecule has 0 aliphatic heterocycles. The summed E-state index contributed by atoms with van der Waals surface area (Å²) in [5.74, 6) is 2.16. The number of benzene rings is 2. The van der Waals surface area contributed by atoms with Crippen molar-refractivity contribution in [3.8, 4) is 22.9 Å². The maximum Gasteiger partial charge on any atom is 0.148 e. The molecular formula is C23H18N2O3. The molecule has 0 unspecified atom stereocenters. The molecule has 0 fully saturated rings. The lowest BCUT2D eigenvalue weighted by Gasteiger charge is -2.15. The highest BCUT2D eigenvalue weighted by molar-refractivity contribution is 6.04. The van der Waals surface area contributed by atoms with Crippen LogP contribution < -0.4 is 4.74 Å². The number of nitrogens with zero attached hydrogens (tertiary/aromatic N) is 2. The molecule has 0 aliphatic rings. The van der Waals surface area contributed by atoms with E-state index >= 15 is 0 Å². The van der Waals surface area contributed by atoms with Crippen LogP contribution in [0.25, 0.3) is 38.9 Å².